The van der Waals surface area contributed by atoms with Gasteiger partial charge >= 0.3 is 0 Å². The van der Waals surface area contributed by atoms with E-state index >= 15 is 0 Å². The molecule has 1 rings (SSSR count). The number of carbonyl (C=O) groups is 1. The van der Waals surface area contributed by atoms with E-state index < -0.39 is 0 Å². The van der Waals surface area contributed by atoms with Crippen LogP contribution < -0.4 is 11.1 Å². The molecule has 1 aromatic rings. The van der Waals surface area contributed by atoms with Crippen LogP contribution in [-0.2, 0) is 11.3 Å². The Morgan fingerprint density at radius 3 is 2.60 bits per heavy atom. The number of amides is 1. The molecule has 0 aliphatic rings. The molecule has 4 heteroatoms. The number of nitrogens with one attached hydrogen (secondary N) is 1. The molecular formula is C11H16N2OS. The SMILES string of the molecule is CSc1ccc(CNCCC(N)=O)cc1. The first-order valence-corrected chi connectivity index (χ1v) is 6.07. The van der Waals surface area contributed by atoms with E-state index in [0.717, 1.165) is 6.54 Å². The van der Waals surface area contributed by atoms with Crippen LogP contribution in [0.4, 0.5) is 0 Å². The van der Waals surface area contributed by atoms with Gasteiger partial charge in [0.05, 0.1) is 0 Å². The zero-order valence-corrected chi connectivity index (χ0v) is 9.64. The molecule has 0 heterocycles. The monoisotopic (exact) mass is 224 g/mol. The largest absolute Gasteiger partial charge is 0.370 e. The fourth-order valence-electron chi connectivity index (χ4n) is 1.19. The third-order valence-corrected chi connectivity index (χ3v) is 2.78. The zero-order chi connectivity index (χ0) is 11.1. The van der Waals surface area contributed by atoms with E-state index in [1.54, 1.807) is 11.8 Å². The summed E-state index contributed by atoms with van der Waals surface area (Å²) in [6, 6.07) is 8.36. The Bertz CT molecular complexity index is 311. The Morgan fingerprint density at radius 1 is 1.40 bits per heavy atom. The highest BCUT2D eigenvalue weighted by Crippen LogP contribution is 2.14. The first kappa shape index (κ1) is 12.1. The second-order valence-electron chi connectivity index (χ2n) is 3.24. The van der Waals surface area contributed by atoms with E-state index in [9.17, 15) is 4.79 Å². The van der Waals surface area contributed by atoms with Gasteiger partial charge in [-0.15, -0.1) is 11.8 Å². The third-order valence-electron chi connectivity index (χ3n) is 2.04. The lowest BCUT2D eigenvalue weighted by atomic mass is 10.2. The smallest absolute Gasteiger partial charge is 0.218 e. The molecule has 0 bridgehead atoms. The van der Waals surface area contributed by atoms with Crippen molar-refractivity contribution in [3.8, 4) is 0 Å². The maximum atomic E-state index is 10.5. The Balaban J connectivity index is 2.28. The van der Waals surface area contributed by atoms with Gasteiger partial charge in [0.25, 0.3) is 0 Å². The molecule has 1 amide bonds. The molecule has 0 spiro atoms. The molecule has 3 nitrogen and oxygen atoms in total. The van der Waals surface area contributed by atoms with E-state index in [2.05, 4.69) is 35.8 Å². The van der Waals surface area contributed by atoms with Gasteiger partial charge in [-0.25, -0.2) is 0 Å². The minimum atomic E-state index is -0.264. The quantitative estimate of drug-likeness (QED) is 0.567. The van der Waals surface area contributed by atoms with Crippen molar-refractivity contribution in [3.05, 3.63) is 29.8 Å². The van der Waals surface area contributed by atoms with Crippen LogP contribution in [0.1, 0.15) is 12.0 Å². The molecule has 0 aromatic heterocycles. The number of primary amides is 1. The van der Waals surface area contributed by atoms with Gasteiger partial charge in [0.15, 0.2) is 0 Å². The Morgan fingerprint density at radius 2 is 2.07 bits per heavy atom. The molecular weight excluding hydrogens is 208 g/mol. The third kappa shape index (κ3) is 4.85. The fourth-order valence-corrected chi connectivity index (χ4v) is 1.60. The van der Waals surface area contributed by atoms with E-state index in [4.69, 9.17) is 5.73 Å². The normalized spacial score (nSPS) is 10.2. The summed E-state index contributed by atoms with van der Waals surface area (Å²) in [7, 11) is 0. The molecule has 0 fully saturated rings. The van der Waals surface area contributed by atoms with Crippen LogP contribution in [0.5, 0.6) is 0 Å². The molecule has 82 valence electrons. The lowest BCUT2D eigenvalue weighted by Crippen LogP contribution is -2.21. The molecule has 3 N–H and O–H groups in total. The van der Waals surface area contributed by atoms with Crippen LogP contribution in [0.15, 0.2) is 29.2 Å². The number of rotatable bonds is 6. The average molecular weight is 224 g/mol. The predicted octanol–water partition coefficient (Wildman–Crippen LogP) is 1.37. The van der Waals surface area contributed by atoms with Crippen LogP contribution >= 0.6 is 11.8 Å². The number of benzene rings is 1. The number of carbonyl (C=O) groups excluding carboxylic acids is 1. The second kappa shape index (κ2) is 6.48. The summed E-state index contributed by atoms with van der Waals surface area (Å²) < 4.78 is 0. The van der Waals surface area contributed by atoms with Gasteiger partial charge in [-0.2, -0.15) is 0 Å². The van der Waals surface area contributed by atoms with Crippen molar-refractivity contribution in [2.24, 2.45) is 5.73 Å². The van der Waals surface area contributed by atoms with E-state index in [0.29, 0.717) is 13.0 Å². The Labute approximate surface area is 94.4 Å². The predicted molar refractivity (Wildman–Crippen MR) is 63.7 cm³/mol. The highest BCUT2D eigenvalue weighted by atomic mass is 32.2. The van der Waals surface area contributed by atoms with E-state index in [1.165, 1.54) is 10.5 Å². The van der Waals surface area contributed by atoms with Crippen molar-refractivity contribution in [3.63, 3.8) is 0 Å². The summed E-state index contributed by atoms with van der Waals surface area (Å²) in [6.45, 7) is 1.42. The van der Waals surface area contributed by atoms with Gasteiger partial charge in [0.1, 0.15) is 0 Å². The second-order valence-corrected chi connectivity index (χ2v) is 4.12. The maximum Gasteiger partial charge on any atom is 0.218 e. The summed E-state index contributed by atoms with van der Waals surface area (Å²) in [5.41, 5.74) is 6.25. The topological polar surface area (TPSA) is 55.1 Å². The van der Waals surface area contributed by atoms with Crippen LogP contribution in [0.3, 0.4) is 0 Å². The average Bonchev–Trinajstić information content (AvgIpc) is 2.25. The minimum Gasteiger partial charge on any atom is -0.370 e. The molecule has 0 unspecified atom stereocenters. The molecule has 15 heavy (non-hydrogen) atoms. The number of hydrogen-bond acceptors (Lipinski definition) is 3. The molecule has 0 aliphatic carbocycles. The molecule has 0 atom stereocenters. The van der Waals surface area contributed by atoms with Gasteiger partial charge in [0, 0.05) is 24.4 Å². The Kier molecular flexibility index (Phi) is 5.21. The van der Waals surface area contributed by atoms with E-state index in [1.807, 2.05) is 0 Å². The van der Waals surface area contributed by atoms with Crippen molar-refractivity contribution < 1.29 is 4.79 Å². The summed E-state index contributed by atoms with van der Waals surface area (Å²) in [6.07, 6.45) is 2.45. The number of hydrogen-bond donors (Lipinski definition) is 2. The highest BCUT2D eigenvalue weighted by molar-refractivity contribution is 7.98. The van der Waals surface area contributed by atoms with Crippen molar-refractivity contribution in [1.29, 1.82) is 0 Å². The summed E-state index contributed by atoms with van der Waals surface area (Å²) in [5.74, 6) is -0.264. The van der Waals surface area contributed by atoms with Crippen molar-refractivity contribution in [2.75, 3.05) is 12.8 Å². The first-order chi connectivity index (χ1) is 7.22. The Hall–Kier alpha value is -1.00. The molecule has 0 aliphatic heterocycles. The van der Waals surface area contributed by atoms with Crippen molar-refractivity contribution in [1.82, 2.24) is 5.32 Å². The van der Waals surface area contributed by atoms with Crippen molar-refractivity contribution in [2.45, 2.75) is 17.9 Å². The minimum absolute atomic E-state index is 0.264. The fraction of sp³-hybridized carbons (Fsp3) is 0.364. The lowest BCUT2D eigenvalue weighted by molar-refractivity contribution is -0.117. The van der Waals surface area contributed by atoms with Crippen LogP contribution in [0, 0.1) is 0 Å². The molecule has 0 saturated heterocycles. The molecule has 1 aromatic carbocycles. The van der Waals surface area contributed by atoms with Crippen LogP contribution in [0.2, 0.25) is 0 Å². The highest BCUT2D eigenvalue weighted by Gasteiger charge is 1.95. The van der Waals surface area contributed by atoms with Gasteiger partial charge in [-0.05, 0) is 24.0 Å². The summed E-state index contributed by atoms with van der Waals surface area (Å²) in [4.78, 5) is 11.7. The first-order valence-electron chi connectivity index (χ1n) is 4.84. The number of nitrogens with two attached hydrogens (primary N) is 1. The van der Waals surface area contributed by atoms with Crippen LogP contribution in [-0.4, -0.2) is 18.7 Å². The van der Waals surface area contributed by atoms with Crippen molar-refractivity contribution >= 4 is 17.7 Å². The van der Waals surface area contributed by atoms with Gasteiger partial charge in [-0.3, -0.25) is 4.79 Å². The van der Waals surface area contributed by atoms with Gasteiger partial charge in [0.2, 0.25) is 5.91 Å². The maximum absolute atomic E-state index is 10.5. The van der Waals surface area contributed by atoms with E-state index in [-0.39, 0.29) is 5.91 Å². The summed E-state index contributed by atoms with van der Waals surface area (Å²) in [5, 5.41) is 3.16. The molecule has 0 radical (unpaired) electrons. The summed E-state index contributed by atoms with van der Waals surface area (Å²) >= 11 is 1.73. The van der Waals surface area contributed by atoms with Gasteiger partial charge < -0.3 is 11.1 Å². The lowest BCUT2D eigenvalue weighted by Gasteiger charge is -2.04. The molecule has 0 saturated carbocycles. The van der Waals surface area contributed by atoms with Gasteiger partial charge in [-0.1, -0.05) is 12.1 Å². The van der Waals surface area contributed by atoms with Crippen LogP contribution in [0.25, 0.3) is 0 Å². The zero-order valence-electron chi connectivity index (χ0n) is 8.82. The standard InChI is InChI=1S/C11H16N2OS/c1-15-10-4-2-9(3-5-10)8-13-7-6-11(12)14/h2-5,13H,6-8H2,1H3,(H2,12,14). The number of thioether (sulfide) groups is 1.